The molecule has 2 unspecified atom stereocenters. The van der Waals surface area contributed by atoms with Crippen LogP contribution in [0.1, 0.15) is 32.4 Å². The van der Waals surface area contributed by atoms with Crippen molar-refractivity contribution in [2.24, 2.45) is 17.6 Å². The van der Waals surface area contributed by atoms with E-state index in [1.165, 1.54) is 0 Å². The Labute approximate surface area is 114 Å². The maximum atomic E-state index is 6.27. The summed E-state index contributed by atoms with van der Waals surface area (Å²) < 4.78 is 10.5. The molecule has 0 spiro atoms. The summed E-state index contributed by atoms with van der Waals surface area (Å²) in [5.41, 5.74) is 7.17. The zero-order chi connectivity index (χ0) is 13.9. The largest absolute Gasteiger partial charge is 0.493 e. The molecular weight excluding hydrogens is 250 g/mol. The first-order valence-corrected chi connectivity index (χ1v) is 6.47. The van der Waals surface area contributed by atoms with E-state index < -0.39 is 0 Å². The summed E-state index contributed by atoms with van der Waals surface area (Å²) in [4.78, 5) is 0. The molecule has 3 nitrogen and oxygen atoms in total. The number of hydrogen-bond acceptors (Lipinski definition) is 3. The van der Waals surface area contributed by atoms with Crippen molar-refractivity contribution >= 4 is 11.6 Å². The van der Waals surface area contributed by atoms with Gasteiger partial charge in [0.1, 0.15) is 0 Å². The van der Waals surface area contributed by atoms with E-state index in [1.807, 2.05) is 6.07 Å². The van der Waals surface area contributed by atoms with Crippen LogP contribution in [0.15, 0.2) is 12.1 Å². The van der Waals surface area contributed by atoms with Gasteiger partial charge in [-0.2, -0.15) is 0 Å². The second-order valence-corrected chi connectivity index (χ2v) is 5.26. The van der Waals surface area contributed by atoms with Crippen LogP contribution in [-0.2, 0) is 0 Å². The Hall–Kier alpha value is -0.930. The van der Waals surface area contributed by atoms with E-state index in [-0.39, 0.29) is 6.04 Å². The molecule has 102 valence electrons. The zero-order valence-corrected chi connectivity index (χ0v) is 12.4. The fourth-order valence-electron chi connectivity index (χ4n) is 1.82. The molecule has 18 heavy (non-hydrogen) atoms. The minimum absolute atomic E-state index is 0.114. The van der Waals surface area contributed by atoms with Gasteiger partial charge in [-0.1, -0.05) is 32.4 Å². The molecule has 0 aromatic heterocycles. The monoisotopic (exact) mass is 271 g/mol. The summed E-state index contributed by atoms with van der Waals surface area (Å²) >= 11 is 6.27. The molecule has 1 rings (SSSR count). The summed E-state index contributed by atoms with van der Waals surface area (Å²) in [7, 11) is 3.19. The van der Waals surface area contributed by atoms with E-state index in [0.29, 0.717) is 28.4 Å². The van der Waals surface area contributed by atoms with Crippen LogP contribution >= 0.6 is 11.6 Å². The quantitative estimate of drug-likeness (QED) is 0.889. The van der Waals surface area contributed by atoms with E-state index >= 15 is 0 Å². The predicted molar refractivity (Wildman–Crippen MR) is 75.5 cm³/mol. The van der Waals surface area contributed by atoms with Crippen LogP contribution < -0.4 is 15.2 Å². The Balaban J connectivity index is 3.16. The van der Waals surface area contributed by atoms with Crippen LogP contribution in [0.5, 0.6) is 11.5 Å². The molecule has 1 aromatic rings. The molecule has 0 aliphatic rings. The van der Waals surface area contributed by atoms with Gasteiger partial charge in [0.15, 0.2) is 11.5 Å². The van der Waals surface area contributed by atoms with Gasteiger partial charge in [0.25, 0.3) is 0 Å². The van der Waals surface area contributed by atoms with Gasteiger partial charge in [0, 0.05) is 17.1 Å². The Morgan fingerprint density at radius 3 is 2.00 bits per heavy atom. The number of ether oxygens (including phenoxy) is 2. The Morgan fingerprint density at radius 2 is 1.56 bits per heavy atom. The van der Waals surface area contributed by atoms with E-state index in [2.05, 4.69) is 20.8 Å². The van der Waals surface area contributed by atoms with Crippen molar-refractivity contribution in [1.82, 2.24) is 0 Å². The van der Waals surface area contributed by atoms with Crippen molar-refractivity contribution in [1.29, 1.82) is 0 Å². The van der Waals surface area contributed by atoms with Crippen LogP contribution in [0.2, 0.25) is 5.02 Å². The molecule has 1 aromatic carbocycles. The van der Waals surface area contributed by atoms with Crippen LogP contribution in [0.4, 0.5) is 0 Å². The SMILES string of the molecule is COc1cc(Cl)c(C(N)C(C)C(C)C)cc1OC. The van der Waals surface area contributed by atoms with Gasteiger partial charge in [0.05, 0.1) is 14.2 Å². The molecule has 0 bridgehead atoms. The molecule has 0 heterocycles. The second kappa shape index (κ2) is 6.30. The minimum atomic E-state index is -0.114. The second-order valence-electron chi connectivity index (χ2n) is 4.86. The van der Waals surface area contributed by atoms with Crippen LogP contribution in [-0.4, -0.2) is 14.2 Å². The normalized spacial score (nSPS) is 14.4. The van der Waals surface area contributed by atoms with Gasteiger partial charge in [-0.05, 0) is 23.5 Å². The van der Waals surface area contributed by atoms with Crippen molar-refractivity contribution < 1.29 is 9.47 Å². The van der Waals surface area contributed by atoms with Crippen LogP contribution in [0.25, 0.3) is 0 Å². The van der Waals surface area contributed by atoms with Gasteiger partial charge >= 0.3 is 0 Å². The summed E-state index contributed by atoms with van der Waals surface area (Å²) in [6.07, 6.45) is 0. The molecule has 0 saturated heterocycles. The average Bonchev–Trinajstić information content (AvgIpc) is 2.36. The molecular formula is C14H22ClNO2. The number of halogens is 1. The molecule has 4 heteroatoms. The van der Waals surface area contributed by atoms with Gasteiger partial charge in [-0.25, -0.2) is 0 Å². The molecule has 0 amide bonds. The van der Waals surface area contributed by atoms with Crippen molar-refractivity contribution in [3.05, 3.63) is 22.7 Å². The number of benzene rings is 1. The first-order chi connectivity index (χ1) is 8.42. The first-order valence-electron chi connectivity index (χ1n) is 6.09. The number of rotatable bonds is 5. The van der Waals surface area contributed by atoms with Gasteiger partial charge in [0.2, 0.25) is 0 Å². The summed E-state index contributed by atoms with van der Waals surface area (Å²) in [5.74, 6) is 2.10. The third kappa shape index (κ3) is 3.09. The highest BCUT2D eigenvalue weighted by molar-refractivity contribution is 6.31. The fraction of sp³-hybridized carbons (Fsp3) is 0.571. The van der Waals surface area contributed by atoms with Gasteiger partial charge in [-0.15, -0.1) is 0 Å². The van der Waals surface area contributed by atoms with E-state index in [0.717, 1.165) is 5.56 Å². The van der Waals surface area contributed by atoms with Crippen LogP contribution in [0, 0.1) is 11.8 Å². The summed E-state index contributed by atoms with van der Waals surface area (Å²) in [6, 6.07) is 3.50. The number of hydrogen-bond donors (Lipinski definition) is 1. The highest BCUT2D eigenvalue weighted by atomic mass is 35.5. The summed E-state index contributed by atoms with van der Waals surface area (Å²) in [6.45, 7) is 6.43. The average molecular weight is 272 g/mol. The van der Waals surface area contributed by atoms with Crippen molar-refractivity contribution in [2.45, 2.75) is 26.8 Å². The number of methoxy groups -OCH3 is 2. The van der Waals surface area contributed by atoms with E-state index in [4.69, 9.17) is 26.8 Å². The summed E-state index contributed by atoms with van der Waals surface area (Å²) in [5, 5.41) is 0.618. The Bertz CT molecular complexity index is 407. The Kier molecular flexibility index (Phi) is 5.29. The minimum Gasteiger partial charge on any atom is -0.493 e. The lowest BCUT2D eigenvalue weighted by Crippen LogP contribution is -2.23. The molecule has 0 aliphatic carbocycles. The zero-order valence-electron chi connectivity index (χ0n) is 11.7. The maximum absolute atomic E-state index is 6.27. The number of nitrogens with two attached hydrogens (primary N) is 1. The van der Waals surface area contributed by atoms with Crippen molar-refractivity contribution in [3.63, 3.8) is 0 Å². The third-order valence-corrected chi connectivity index (χ3v) is 3.81. The Morgan fingerprint density at radius 1 is 1.06 bits per heavy atom. The van der Waals surface area contributed by atoms with Crippen molar-refractivity contribution in [2.75, 3.05) is 14.2 Å². The fourth-order valence-corrected chi connectivity index (χ4v) is 2.10. The van der Waals surface area contributed by atoms with E-state index in [1.54, 1.807) is 20.3 Å². The molecule has 0 fully saturated rings. The first kappa shape index (κ1) is 15.1. The predicted octanol–water partition coefficient (Wildman–Crippen LogP) is 3.65. The lowest BCUT2D eigenvalue weighted by Gasteiger charge is -2.25. The third-order valence-electron chi connectivity index (χ3n) is 3.48. The maximum Gasteiger partial charge on any atom is 0.162 e. The molecule has 0 saturated carbocycles. The highest BCUT2D eigenvalue weighted by Gasteiger charge is 2.22. The van der Waals surface area contributed by atoms with Gasteiger partial charge < -0.3 is 15.2 Å². The van der Waals surface area contributed by atoms with E-state index in [9.17, 15) is 0 Å². The molecule has 0 aliphatic heterocycles. The van der Waals surface area contributed by atoms with Gasteiger partial charge in [-0.3, -0.25) is 0 Å². The topological polar surface area (TPSA) is 44.5 Å². The standard InChI is InChI=1S/C14H22ClNO2/c1-8(2)9(3)14(16)10-6-12(17-4)13(18-5)7-11(10)15/h6-9,14H,16H2,1-5H3. The van der Waals surface area contributed by atoms with Crippen LogP contribution in [0.3, 0.4) is 0 Å². The molecule has 2 N–H and O–H groups in total. The molecule has 0 radical (unpaired) electrons. The smallest absolute Gasteiger partial charge is 0.162 e. The lowest BCUT2D eigenvalue weighted by molar-refractivity contribution is 0.342. The van der Waals surface area contributed by atoms with Crippen molar-refractivity contribution in [3.8, 4) is 11.5 Å². The molecule has 2 atom stereocenters. The lowest BCUT2D eigenvalue weighted by atomic mass is 9.86. The highest BCUT2D eigenvalue weighted by Crippen LogP contribution is 2.38.